The van der Waals surface area contributed by atoms with Gasteiger partial charge in [0.15, 0.2) is 11.9 Å². The van der Waals surface area contributed by atoms with E-state index in [0.717, 1.165) is 21.8 Å². The summed E-state index contributed by atoms with van der Waals surface area (Å²) in [5, 5.41) is 25.1. The molecule has 5 aromatic rings. The summed E-state index contributed by atoms with van der Waals surface area (Å²) in [5.74, 6) is -5.87. The zero-order valence-corrected chi connectivity index (χ0v) is 38.0. The van der Waals surface area contributed by atoms with Crippen LogP contribution in [0.5, 0.6) is 0 Å². The molecular formula is C45H62N16O7. The number of nitrogens with one attached hydrogen (secondary N) is 8. The monoisotopic (exact) mass is 938 g/mol. The molecule has 0 radical (unpaired) electrons. The molecule has 0 aliphatic heterocycles. The molecule has 3 heterocycles. The van der Waals surface area contributed by atoms with E-state index in [1.54, 1.807) is 26.2 Å². The highest BCUT2D eigenvalue weighted by molar-refractivity contribution is 5.97. The van der Waals surface area contributed by atoms with Gasteiger partial charge in [-0.15, -0.1) is 0 Å². The Bertz CT molecular complexity index is 2560. The molecule has 68 heavy (non-hydrogen) atoms. The number of aromatic amines is 3. The van der Waals surface area contributed by atoms with Gasteiger partial charge in [0.25, 0.3) is 0 Å². The second-order valence-corrected chi connectivity index (χ2v) is 16.7. The highest BCUT2D eigenvalue weighted by atomic mass is 16.4. The minimum atomic E-state index is -1.34. The molecule has 6 atom stereocenters. The van der Waals surface area contributed by atoms with Crippen LogP contribution in [0.1, 0.15) is 56.4 Å². The van der Waals surface area contributed by atoms with Gasteiger partial charge in [0.05, 0.1) is 12.4 Å². The molecule has 23 nitrogen and oxygen atoms in total. The van der Waals surface area contributed by atoms with Crippen molar-refractivity contribution in [3.63, 3.8) is 0 Å². The van der Waals surface area contributed by atoms with Gasteiger partial charge in [-0.3, -0.25) is 34.0 Å². The van der Waals surface area contributed by atoms with Crippen molar-refractivity contribution in [3.05, 3.63) is 90.3 Å². The van der Waals surface area contributed by atoms with Crippen LogP contribution in [0, 0.1) is 5.92 Å². The van der Waals surface area contributed by atoms with Gasteiger partial charge in [0, 0.05) is 78.4 Å². The fourth-order valence-electron chi connectivity index (χ4n) is 7.59. The van der Waals surface area contributed by atoms with Crippen molar-refractivity contribution in [1.29, 1.82) is 0 Å². The Labute approximate surface area is 391 Å². The van der Waals surface area contributed by atoms with E-state index in [9.17, 15) is 33.9 Å². The van der Waals surface area contributed by atoms with Gasteiger partial charge in [-0.25, -0.2) is 9.78 Å². The zero-order valence-electron chi connectivity index (χ0n) is 38.0. The molecule has 0 aliphatic rings. The van der Waals surface area contributed by atoms with Gasteiger partial charge >= 0.3 is 5.97 Å². The fourth-order valence-corrected chi connectivity index (χ4v) is 7.59. The number of carbonyl (C=O) groups is 6. The lowest BCUT2D eigenvalue weighted by Gasteiger charge is -2.27. The van der Waals surface area contributed by atoms with Crippen molar-refractivity contribution in [2.24, 2.45) is 44.6 Å². The maximum Gasteiger partial charge on any atom is 0.326 e. The molecule has 0 fully saturated rings. The average Bonchev–Trinajstić information content (AvgIpc) is 4.07. The lowest BCUT2D eigenvalue weighted by Crippen LogP contribution is -2.60. The van der Waals surface area contributed by atoms with Crippen LogP contribution in [0.2, 0.25) is 0 Å². The Morgan fingerprint density at radius 3 is 1.50 bits per heavy atom. The van der Waals surface area contributed by atoms with Crippen molar-refractivity contribution in [3.8, 4) is 0 Å². The van der Waals surface area contributed by atoms with E-state index < -0.39 is 77.7 Å². The molecule has 0 saturated carbocycles. The van der Waals surface area contributed by atoms with Gasteiger partial charge in [-0.1, -0.05) is 50.2 Å². The van der Waals surface area contributed by atoms with E-state index in [1.807, 2.05) is 48.5 Å². The first kappa shape index (κ1) is 51.0. The summed E-state index contributed by atoms with van der Waals surface area (Å²) < 4.78 is 0. The second-order valence-electron chi connectivity index (χ2n) is 16.7. The molecule has 0 spiro atoms. The van der Waals surface area contributed by atoms with Crippen LogP contribution in [0.15, 0.2) is 83.4 Å². The highest BCUT2D eigenvalue weighted by Gasteiger charge is 2.34. The molecule has 0 aliphatic carbocycles. The Hall–Kier alpha value is -7.95. The van der Waals surface area contributed by atoms with E-state index in [1.165, 1.54) is 12.5 Å². The van der Waals surface area contributed by atoms with Crippen molar-refractivity contribution in [2.75, 3.05) is 13.1 Å². The average molecular weight is 939 g/mol. The molecule has 364 valence electrons. The Balaban J connectivity index is 1.43. The smallest absolute Gasteiger partial charge is 0.326 e. The number of aliphatic imine (C=N–C) groups is 2. The number of nitrogens with zero attached hydrogens (tertiary/aromatic N) is 3. The zero-order chi connectivity index (χ0) is 49.3. The minimum absolute atomic E-state index is 0.00402. The van der Waals surface area contributed by atoms with Crippen molar-refractivity contribution < 1.29 is 33.9 Å². The summed E-state index contributed by atoms with van der Waals surface area (Å²) >= 11 is 0. The quantitative estimate of drug-likeness (QED) is 0.0180. The number of imidazole rings is 1. The first-order chi connectivity index (χ1) is 32.5. The summed E-state index contributed by atoms with van der Waals surface area (Å²) in [5.41, 5.74) is 32.0. The van der Waals surface area contributed by atoms with Crippen LogP contribution in [0.3, 0.4) is 0 Å². The molecule has 2 aromatic carbocycles. The van der Waals surface area contributed by atoms with Gasteiger partial charge in [-0.2, -0.15) is 0 Å². The van der Waals surface area contributed by atoms with Crippen molar-refractivity contribution in [2.45, 2.75) is 95.0 Å². The number of carbonyl (C=O) groups excluding carboxylic acids is 5. The maximum atomic E-state index is 14.5. The summed E-state index contributed by atoms with van der Waals surface area (Å²) in [4.78, 5) is 104. The molecule has 0 bridgehead atoms. The molecule has 19 N–H and O–H groups in total. The van der Waals surface area contributed by atoms with Gasteiger partial charge in [0.2, 0.25) is 29.5 Å². The molecule has 0 saturated heterocycles. The SMILES string of the molecule is CC(C)[C@H](NC(=O)[C@H](Cc1c[nH]c2ccccc12)NC(=O)[C@H](CCCN=C(N)N)NC(=O)[C@H](CCCN=C(N)N)NC(=O)[C@H](Cc1c[nH]c2ccccc12)NC(=O)[C@@H](N)Cc1cnc[nH]1)C(=O)O. The number of nitrogens with two attached hydrogens (primary N) is 5. The number of carboxylic acids is 1. The van der Waals surface area contributed by atoms with E-state index in [4.69, 9.17) is 28.7 Å². The third kappa shape index (κ3) is 14.8. The predicted octanol–water partition coefficient (Wildman–Crippen LogP) is -1.00. The standard InChI is InChI=1S/C45H62N16O7/c1-24(2)37(43(67)68)61-42(66)36(18-26-21-55-32-12-6-4-10-29(26)32)60-40(64)34(14-8-16-53-45(49)50)57-39(63)33(13-7-15-52-44(47)48)58-41(65)35(17-25-20-54-31-11-5-3-9-28(25)31)59-38(62)30(46)19-27-22-51-23-56-27/h3-6,9-12,20-24,30,33-37,54-55H,7-8,13-19,46H2,1-2H3,(H,51,56)(H,57,63)(H,58,65)(H,59,62)(H,60,64)(H,61,66)(H,67,68)(H4,47,48,52)(H4,49,50,53)/t30-,33-,34-,35-,36-,37-/m0/s1. The number of aliphatic carboxylic acids is 1. The highest BCUT2D eigenvalue weighted by Crippen LogP contribution is 2.21. The number of amides is 5. The third-order valence-corrected chi connectivity index (χ3v) is 11.2. The molecular weight excluding hydrogens is 877 g/mol. The number of H-pyrrole nitrogens is 3. The van der Waals surface area contributed by atoms with E-state index in [0.29, 0.717) is 16.8 Å². The third-order valence-electron chi connectivity index (χ3n) is 11.2. The number of carboxylic acid groups (broad SMARTS) is 1. The van der Waals surface area contributed by atoms with Gasteiger partial charge < -0.3 is 75.3 Å². The fraction of sp³-hybridized carbons (Fsp3) is 0.400. The van der Waals surface area contributed by atoms with E-state index in [-0.39, 0.29) is 70.0 Å². The van der Waals surface area contributed by atoms with Crippen LogP contribution in [0.4, 0.5) is 0 Å². The summed E-state index contributed by atoms with van der Waals surface area (Å²) in [6, 6.07) is 7.18. The topological polar surface area (TPSA) is 398 Å². The van der Waals surface area contributed by atoms with Crippen molar-refractivity contribution in [1.82, 2.24) is 46.5 Å². The second kappa shape index (κ2) is 24.5. The Morgan fingerprint density at radius 2 is 1.06 bits per heavy atom. The van der Waals surface area contributed by atoms with Crippen LogP contribution in [-0.4, -0.2) is 122 Å². The minimum Gasteiger partial charge on any atom is -0.480 e. The predicted molar refractivity (Wildman–Crippen MR) is 256 cm³/mol. The van der Waals surface area contributed by atoms with E-state index in [2.05, 4.69) is 56.5 Å². The van der Waals surface area contributed by atoms with Crippen LogP contribution in [0.25, 0.3) is 21.8 Å². The van der Waals surface area contributed by atoms with Crippen molar-refractivity contribution >= 4 is 69.2 Å². The molecule has 3 aromatic heterocycles. The summed E-state index contributed by atoms with van der Waals surface area (Å²) in [6.07, 6.45) is 6.75. The summed E-state index contributed by atoms with van der Waals surface area (Å²) in [6.45, 7) is 3.43. The Kier molecular flexibility index (Phi) is 18.4. The van der Waals surface area contributed by atoms with Gasteiger partial charge in [0.1, 0.15) is 30.2 Å². The largest absolute Gasteiger partial charge is 0.480 e. The lowest BCUT2D eigenvalue weighted by molar-refractivity contribution is -0.143. The number of rotatable bonds is 26. The normalized spacial score (nSPS) is 13.9. The van der Waals surface area contributed by atoms with Crippen LogP contribution < -0.4 is 55.3 Å². The Morgan fingerprint density at radius 1 is 0.618 bits per heavy atom. The molecule has 0 unspecified atom stereocenters. The first-order valence-electron chi connectivity index (χ1n) is 22.2. The van der Waals surface area contributed by atoms with Gasteiger partial charge in [-0.05, 0) is 54.9 Å². The number of fused-ring (bicyclic) bond motifs is 2. The number of aromatic nitrogens is 4. The number of hydrogen-bond donors (Lipinski definition) is 14. The molecule has 5 rings (SSSR count). The first-order valence-corrected chi connectivity index (χ1v) is 22.2. The van der Waals surface area contributed by atoms with Crippen LogP contribution in [-0.2, 0) is 48.0 Å². The van der Waals surface area contributed by atoms with E-state index >= 15 is 0 Å². The van der Waals surface area contributed by atoms with Crippen LogP contribution >= 0.6 is 0 Å². The lowest BCUT2D eigenvalue weighted by atomic mass is 10.0. The number of guanidine groups is 2. The molecule has 5 amide bonds. The molecule has 23 heteroatoms. The maximum absolute atomic E-state index is 14.5. The number of benzene rings is 2. The summed E-state index contributed by atoms with van der Waals surface area (Å²) in [7, 11) is 0. The number of hydrogen-bond acceptors (Lipinski definition) is 10. The number of para-hydroxylation sites is 2.